The van der Waals surface area contributed by atoms with E-state index in [0.29, 0.717) is 5.56 Å². The van der Waals surface area contributed by atoms with Crippen molar-refractivity contribution in [1.29, 1.82) is 0 Å². The maximum absolute atomic E-state index is 15.6. The van der Waals surface area contributed by atoms with Crippen LogP contribution in [0, 0.1) is 0 Å². The molecule has 34 heavy (non-hydrogen) atoms. The first-order chi connectivity index (χ1) is 16.0. The molecule has 3 aromatic rings. The summed E-state index contributed by atoms with van der Waals surface area (Å²) in [6.45, 7) is 5.68. The molecule has 0 saturated heterocycles. The quantitative estimate of drug-likeness (QED) is 0.384. The second-order valence-corrected chi connectivity index (χ2v) is 11.3. The van der Waals surface area contributed by atoms with Crippen LogP contribution >= 0.6 is 7.14 Å². The van der Waals surface area contributed by atoms with Crippen LogP contribution in [-0.4, -0.2) is 38.7 Å². The van der Waals surface area contributed by atoms with Gasteiger partial charge >= 0.3 is 0 Å². The van der Waals surface area contributed by atoms with Crippen LogP contribution in [0.15, 0.2) is 48.5 Å². The molecule has 0 spiro atoms. The number of benzene rings is 3. The summed E-state index contributed by atoms with van der Waals surface area (Å²) in [4.78, 5) is 0. The van der Waals surface area contributed by atoms with Gasteiger partial charge in [0, 0.05) is 5.56 Å². The van der Waals surface area contributed by atoms with Crippen molar-refractivity contribution >= 4 is 23.1 Å². The molecule has 3 aromatic carbocycles. The average molecular weight is 487 g/mol. The van der Waals surface area contributed by atoms with Gasteiger partial charge in [0.1, 0.15) is 45.1 Å². The summed E-state index contributed by atoms with van der Waals surface area (Å²) in [6, 6.07) is 12.9. The minimum atomic E-state index is -4.06. The molecule has 0 aliphatic carbocycles. The van der Waals surface area contributed by atoms with Crippen LogP contribution in [-0.2, 0) is 9.98 Å². The lowest BCUT2D eigenvalue weighted by atomic mass is 9.86. The van der Waals surface area contributed by atoms with Crippen molar-refractivity contribution in [3.63, 3.8) is 0 Å². The SMILES string of the molecule is COc1cccc(OC)c1P(=O)(c1cc(O)cc(C(C)(C)C)c1O)c1c(OC)cccc1OC. The molecule has 0 fully saturated rings. The van der Waals surface area contributed by atoms with Gasteiger partial charge in [-0.3, -0.25) is 0 Å². The van der Waals surface area contributed by atoms with Crippen LogP contribution in [0.5, 0.6) is 34.5 Å². The Bertz CT molecular complexity index is 1140. The summed E-state index contributed by atoms with van der Waals surface area (Å²) in [5.41, 5.74) is -0.122. The molecule has 2 N–H and O–H groups in total. The lowest BCUT2D eigenvalue weighted by Gasteiger charge is -2.29. The smallest absolute Gasteiger partial charge is 0.189 e. The topological polar surface area (TPSA) is 94.5 Å². The van der Waals surface area contributed by atoms with Gasteiger partial charge in [-0.05, 0) is 41.8 Å². The Morgan fingerprint density at radius 1 is 0.706 bits per heavy atom. The fourth-order valence-corrected chi connectivity index (χ4v) is 7.40. The summed E-state index contributed by atoms with van der Waals surface area (Å²) in [7, 11) is 1.79. The lowest BCUT2D eigenvalue weighted by Crippen LogP contribution is -2.30. The van der Waals surface area contributed by atoms with E-state index >= 15 is 4.57 Å². The molecule has 0 saturated carbocycles. The summed E-state index contributed by atoms with van der Waals surface area (Å²) in [5.74, 6) is 0.813. The molecule has 0 aliphatic rings. The van der Waals surface area contributed by atoms with Crippen molar-refractivity contribution in [3.05, 3.63) is 54.1 Å². The number of hydrogen-bond donors (Lipinski definition) is 2. The average Bonchev–Trinajstić information content (AvgIpc) is 2.82. The van der Waals surface area contributed by atoms with Crippen molar-refractivity contribution in [3.8, 4) is 34.5 Å². The number of hydrogen-bond acceptors (Lipinski definition) is 7. The number of ether oxygens (including phenoxy) is 4. The van der Waals surface area contributed by atoms with E-state index in [-0.39, 0.29) is 50.4 Å². The Morgan fingerprint density at radius 3 is 1.41 bits per heavy atom. The Morgan fingerprint density at radius 2 is 1.09 bits per heavy atom. The molecule has 3 rings (SSSR count). The fraction of sp³-hybridized carbons (Fsp3) is 0.308. The van der Waals surface area contributed by atoms with E-state index in [1.807, 2.05) is 20.8 Å². The van der Waals surface area contributed by atoms with Gasteiger partial charge in [0.15, 0.2) is 7.14 Å². The van der Waals surface area contributed by atoms with Crippen LogP contribution in [0.1, 0.15) is 26.3 Å². The predicted molar refractivity (Wildman–Crippen MR) is 134 cm³/mol. The first-order valence-electron chi connectivity index (χ1n) is 10.6. The largest absolute Gasteiger partial charge is 0.508 e. The minimum Gasteiger partial charge on any atom is -0.508 e. The monoisotopic (exact) mass is 486 g/mol. The number of methoxy groups -OCH3 is 4. The molecule has 0 unspecified atom stereocenters. The third-order valence-electron chi connectivity index (χ3n) is 5.66. The number of phenolic OH excluding ortho intramolecular Hbond substituents is 2. The molecule has 0 heterocycles. The molecule has 7 nitrogen and oxygen atoms in total. The maximum atomic E-state index is 15.6. The van der Waals surface area contributed by atoms with Crippen LogP contribution in [0.2, 0.25) is 0 Å². The van der Waals surface area contributed by atoms with Crippen molar-refractivity contribution in [1.82, 2.24) is 0 Å². The van der Waals surface area contributed by atoms with Gasteiger partial charge in [-0.25, -0.2) is 0 Å². The zero-order chi connectivity index (χ0) is 25.3. The molecule has 0 aromatic heterocycles. The van der Waals surface area contributed by atoms with Gasteiger partial charge in [-0.2, -0.15) is 0 Å². The van der Waals surface area contributed by atoms with Crippen LogP contribution in [0.25, 0.3) is 0 Å². The highest BCUT2D eigenvalue weighted by Gasteiger charge is 2.43. The lowest BCUT2D eigenvalue weighted by molar-refractivity contribution is 0.398. The summed E-state index contributed by atoms with van der Waals surface area (Å²) >= 11 is 0. The zero-order valence-corrected chi connectivity index (χ0v) is 21.4. The number of aromatic hydroxyl groups is 2. The Balaban J connectivity index is 2.65. The van der Waals surface area contributed by atoms with Crippen molar-refractivity contribution in [2.24, 2.45) is 0 Å². The van der Waals surface area contributed by atoms with E-state index in [0.717, 1.165) is 0 Å². The molecular weight excluding hydrogens is 455 g/mol. The summed E-state index contributed by atoms with van der Waals surface area (Å²) in [5, 5.41) is 22.6. The highest BCUT2D eigenvalue weighted by Crippen LogP contribution is 2.55. The molecule has 0 amide bonds. The van der Waals surface area contributed by atoms with E-state index in [4.69, 9.17) is 18.9 Å². The summed E-state index contributed by atoms with van der Waals surface area (Å²) < 4.78 is 38.1. The molecular formula is C26H31O7P. The standard InChI is InChI=1S/C26H31O7P/c1-26(2,3)17-14-16(27)15-22(23(17)28)34(29,24-18(30-4)10-8-11-19(24)31-5)25-20(32-6)12-9-13-21(25)33-7/h8-15,27-28H,1-7H3. The van der Waals surface area contributed by atoms with Crippen molar-refractivity contribution in [2.45, 2.75) is 26.2 Å². The predicted octanol–water partition coefficient (Wildman–Crippen LogP) is 4.07. The van der Waals surface area contributed by atoms with Gasteiger partial charge in [0.25, 0.3) is 0 Å². The van der Waals surface area contributed by atoms with Gasteiger partial charge in [0.2, 0.25) is 0 Å². The Hall–Kier alpha value is -3.31. The van der Waals surface area contributed by atoms with E-state index in [1.165, 1.54) is 40.6 Å². The molecule has 0 radical (unpaired) electrons. The Kier molecular flexibility index (Phi) is 7.08. The molecule has 8 heteroatoms. The highest BCUT2D eigenvalue weighted by atomic mass is 31.2. The van der Waals surface area contributed by atoms with E-state index in [9.17, 15) is 10.2 Å². The van der Waals surface area contributed by atoms with Crippen molar-refractivity contribution in [2.75, 3.05) is 28.4 Å². The molecule has 0 bridgehead atoms. The van der Waals surface area contributed by atoms with Gasteiger partial charge < -0.3 is 33.7 Å². The van der Waals surface area contributed by atoms with Crippen LogP contribution < -0.4 is 34.9 Å². The van der Waals surface area contributed by atoms with Crippen LogP contribution in [0.4, 0.5) is 0 Å². The van der Waals surface area contributed by atoms with Gasteiger partial charge in [-0.1, -0.05) is 32.9 Å². The molecule has 0 atom stereocenters. The third kappa shape index (κ3) is 4.16. The normalized spacial score (nSPS) is 11.7. The zero-order valence-electron chi connectivity index (χ0n) is 20.5. The number of phenols is 2. The van der Waals surface area contributed by atoms with E-state index in [2.05, 4.69) is 0 Å². The van der Waals surface area contributed by atoms with E-state index < -0.39 is 12.6 Å². The molecule has 182 valence electrons. The van der Waals surface area contributed by atoms with Gasteiger partial charge in [-0.15, -0.1) is 0 Å². The second kappa shape index (κ2) is 9.51. The first-order valence-corrected chi connectivity index (χ1v) is 12.3. The van der Waals surface area contributed by atoms with Gasteiger partial charge in [0.05, 0.1) is 33.7 Å². The van der Waals surface area contributed by atoms with Crippen molar-refractivity contribution < 1.29 is 33.7 Å². The highest BCUT2D eigenvalue weighted by molar-refractivity contribution is 7.86. The molecule has 0 aliphatic heterocycles. The third-order valence-corrected chi connectivity index (χ3v) is 8.82. The minimum absolute atomic E-state index is 0.0167. The van der Waals surface area contributed by atoms with E-state index in [1.54, 1.807) is 36.4 Å². The second-order valence-electron chi connectivity index (χ2n) is 8.74. The Labute approximate surface area is 200 Å². The van der Waals surface area contributed by atoms with Crippen LogP contribution in [0.3, 0.4) is 0 Å². The summed E-state index contributed by atoms with van der Waals surface area (Å²) in [6.07, 6.45) is 0. The maximum Gasteiger partial charge on any atom is 0.189 e. The first kappa shape index (κ1) is 25.3. The fourth-order valence-electron chi connectivity index (χ4n) is 4.05. The number of rotatable bonds is 7.